The Balaban J connectivity index is 0.00000450. The predicted octanol–water partition coefficient (Wildman–Crippen LogP) is 3.40. The lowest BCUT2D eigenvalue weighted by Gasteiger charge is -2.14. The number of halogens is 1. The van der Waals surface area contributed by atoms with Gasteiger partial charge in [-0.15, -0.1) is 24.0 Å². The minimum absolute atomic E-state index is 0. The number of guanidine groups is 1. The number of hydrogen-bond donors (Lipinski definition) is 3. The first kappa shape index (κ1) is 25.9. The molecule has 1 atom stereocenters. The molecule has 166 valence electrons. The number of hydrogen-bond acceptors (Lipinski definition) is 3. The molecule has 7 nitrogen and oxygen atoms in total. The lowest BCUT2D eigenvalue weighted by Crippen LogP contribution is -2.37. The number of aryl methyl sites for hydroxylation is 3. The van der Waals surface area contributed by atoms with E-state index in [2.05, 4.69) is 46.0 Å². The molecule has 1 aromatic heterocycles. The summed E-state index contributed by atoms with van der Waals surface area (Å²) in [6.07, 6.45) is 1.86. The van der Waals surface area contributed by atoms with Crippen molar-refractivity contribution in [1.82, 2.24) is 25.7 Å². The Hall–Kier alpha value is -2.10. The Morgan fingerprint density at radius 3 is 2.63 bits per heavy atom. The summed E-state index contributed by atoms with van der Waals surface area (Å²) in [5, 5.41) is 14.1. The van der Waals surface area contributed by atoms with E-state index < -0.39 is 0 Å². The van der Waals surface area contributed by atoms with Crippen LogP contribution >= 0.6 is 24.0 Å². The van der Waals surface area contributed by atoms with E-state index in [4.69, 9.17) is 0 Å². The number of rotatable bonds is 9. The molecule has 0 aliphatic heterocycles. The molecule has 0 radical (unpaired) electrons. The third-order valence-corrected chi connectivity index (χ3v) is 4.81. The average Bonchev–Trinajstić information content (AvgIpc) is 3.04. The highest BCUT2D eigenvalue weighted by atomic mass is 127. The smallest absolute Gasteiger partial charge is 0.251 e. The summed E-state index contributed by atoms with van der Waals surface area (Å²) in [5.41, 5.74) is 3.94. The Labute approximate surface area is 197 Å². The first-order chi connectivity index (χ1) is 13.9. The molecule has 0 spiro atoms. The molecule has 1 amide bonds. The zero-order valence-corrected chi connectivity index (χ0v) is 21.0. The fourth-order valence-electron chi connectivity index (χ4n) is 2.98. The third-order valence-electron chi connectivity index (χ3n) is 4.81. The van der Waals surface area contributed by atoms with Gasteiger partial charge >= 0.3 is 0 Å². The van der Waals surface area contributed by atoms with Crippen molar-refractivity contribution in [1.29, 1.82) is 0 Å². The zero-order chi connectivity index (χ0) is 21.2. The number of carbonyl (C=O) groups excluding carboxylic acids is 1. The van der Waals surface area contributed by atoms with E-state index in [-0.39, 0.29) is 35.9 Å². The van der Waals surface area contributed by atoms with Gasteiger partial charge in [0, 0.05) is 44.0 Å². The molecule has 0 saturated heterocycles. The second kappa shape index (κ2) is 13.3. The molecule has 1 heterocycles. The Kier molecular flexibility index (Phi) is 11.5. The summed E-state index contributed by atoms with van der Waals surface area (Å²) in [7, 11) is 1.76. The van der Waals surface area contributed by atoms with E-state index >= 15 is 0 Å². The Bertz CT molecular complexity index is 833. The first-order valence-electron chi connectivity index (χ1n) is 10.3. The molecule has 0 bridgehead atoms. The van der Waals surface area contributed by atoms with E-state index in [1.54, 1.807) is 7.05 Å². The average molecular weight is 526 g/mol. The summed E-state index contributed by atoms with van der Waals surface area (Å²) in [6, 6.07) is 9.93. The third kappa shape index (κ3) is 8.33. The van der Waals surface area contributed by atoms with Crippen LogP contribution in [0.4, 0.5) is 0 Å². The van der Waals surface area contributed by atoms with Crippen LogP contribution in [0, 0.1) is 13.8 Å². The highest BCUT2D eigenvalue weighted by Crippen LogP contribution is 2.06. The van der Waals surface area contributed by atoms with Gasteiger partial charge in [0.15, 0.2) is 5.96 Å². The molecule has 0 fully saturated rings. The Morgan fingerprint density at radius 2 is 2.00 bits per heavy atom. The fraction of sp³-hybridized carbons (Fsp3) is 0.500. The van der Waals surface area contributed by atoms with Crippen molar-refractivity contribution in [2.75, 3.05) is 13.6 Å². The van der Waals surface area contributed by atoms with Gasteiger partial charge < -0.3 is 16.0 Å². The number of nitrogens with zero attached hydrogens (tertiary/aromatic N) is 3. The van der Waals surface area contributed by atoms with Crippen LogP contribution in [0.5, 0.6) is 0 Å². The van der Waals surface area contributed by atoms with Gasteiger partial charge in [-0.1, -0.05) is 19.1 Å². The number of benzene rings is 1. The van der Waals surface area contributed by atoms with Crippen LogP contribution in [0.25, 0.3) is 0 Å². The largest absolute Gasteiger partial charge is 0.356 e. The van der Waals surface area contributed by atoms with Crippen LogP contribution in [-0.4, -0.2) is 41.3 Å². The molecule has 2 aromatic rings. The molecule has 8 heteroatoms. The van der Waals surface area contributed by atoms with E-state index in [9.17, 15) is 4.79 Å². The van der Waals surface area contributed by atoms with Crippen molar-refractivity contribution in [2.24, 2.45) is 4.99 Å². The number of aromatic nitrogens is 2. The van der Waals surface area contributed by atoms with Crippen LogP contribution in [0.15, 0.2) is 35.3 Å². The van der Waals surface area contributed by atoms with Crippen LogP contribution < -0.4 is 16.0 Å². The van der Waals surface area contributed by atoms with Gasteiger partial charge in [0.2, 0.25) is 0 Å². The topological polar surface area (TPSA) is 83.3 Å². The molecular weight excluding hydrogens is 491 g/mol. The monoisotopic (exact) mass is 526 g/mol. The molecule has 0 aliphatic carbocycles. The second-order valence-electron chi connectivity index (χ2n) is 7.34. The zero-order valence-electron chi connectivity index (χ0n) is 18.7. The summed E-state index contributed by atoms with van der Waals surface area (Å²) in [4.78, 5) is 16.6. The van der Waals surface area contributed by atoms with E-state index in [1.807, 2.05) is 42.8 Å². The predicted molar refractivity (Wildman–Crippen MR) is 134 cm³/mol. The van der Waals surface area contributed by atoms with Crippen molar-refractivity contribution >= 4 is 35.8 Å². The minimum Gasteiger partial charge on any atom is -0.356 e. The maximum Gasteiger partial charge on any atom is 0.251 e. The first-order valence-corrected chi connectivity index (χ1v) is 10.3. The minimum atomic E-state index is -0.0344. The summed E-state index contributed by atoms with van der Waals surface area (Å²) < 4.78 is 2.03. The van der Waals surface area contributed by atoms with Crippen molar-refractivity contribution in [2.45, 2.75) is 59.7 Å². The summed E-state index contributed by atoms with van der Waals surface area (Å²) in [6.45, 7) is 10.4. The van der Waals surface area contributed by atoms with Gasteiger partial charge in [-0.3, -0.25) is 14.5 Å². The van der Waals surface area contributed by atoms with Crippen molar-refractivity contribution in [3.63, 3.8) is 0 Å². The lowest BCUT2D eigenvalue weighted by atomic mass is 10.1. The van der Waals surface area contributed by atoms with Gasteiger partial charge in [-0.2, -0.15) is 5.10 Å². The number of amides is 1. The highest BCUT2D eigenvalue weighted by molar-refractivity contribution is 14.0. The van der Waals surface area contributed by atoms with Gasteiger partial charge in [-0.05, 0) is 57.4 Å². The summed E-state index contributed by atoms with van der Waals surface area (Å²) in [5.74, 6) is 0.709. The second-order valence-corrected chi connectivity index (χ2v) is 7.34. The van der Waals surface area contributed by atoms with Gasteiger partial charge in [0.1, 0.15) is 0 Å². The molecule has 3 N–H and O–H groups in total. The quantitative estimate of drug-likeness (QED) is 0.203. The SMILES string of the molecule is CCC(C)NC(=O)c1cccc(CNC(=NC)NCCCn2nc(C)cc2C)c1.I. The molecule has 1 aromatic carbocycles. The molecular formula is C22H35IN6O. The van der Waals surface area contributed by atoms with E-state index in [0.717, 1.165) is 43.1 Å². The lowest BCUT2D eigenvalue weighted by molar-refractivity contribution is 0.0939. The normalized spacial score (nSPS) is 12.1. The van der Waals surface area contributed by atoms with E-state index in [1.165, 1.54) is 5.69 Å². The fourth-order valence-corrected chi connectivity index (χ4v) is 2.98. The van der Waals surface area contributed by atoms with E-state index in [0.29, 0.717) is 12.1 Å². The van der Waals surface area contributed by atoms with Crippen LogP contribution in [0.3, 0.4) is 0 Å². The van der Waals surface area contributed by atoms with Crippen molar-refractivity contribution < 1.29 is 4.79 Å². The van der Waals surface area contributed by atoms with Gasteiger partial charge in [-0.25, -0.2) is 0 Å². The molecule has 2 rings (SSSR count). The van der Waals surface area contributed by atoms with Crippen molar-refractivity contribution in [3.05, 3.63) is 52.8 Å². The van der Waals surface area contributed by atoms with Crippen molar-refractivity contribution in [3.8, 4) is 0 Å². The van der Waals surface area contributed by atoms with Crippen LogP contribution in [0.1, 0.15) is 54.0 Å². The maximum absolute atomic E-state index is 12.3. The summed E-state index contributed by atoms with van der Waals surface area (Å²) >= 11 is 0. The number of nitrogens with one attached hydrogen (secondary N) is 3. The molecule has 0 saturated carbocycles. The number of carbonyl (C=O) groups is 1. The van der Waals surface area contributed by atoms with Gasteiger partial charge in [0.25, 0.3) is 5.91 Å². The molecule has 30 heavy (non-hydrogen) atoms. The maximum atomic E-state index is 12.3. The number of aliphatic imine (C=N–C) groups is 1. The Morgan fingerprint density at radius 1 is 1.23 bits per heavy atom. The molecule has 0 aliphatic rings. The highest BCUT2D eigenvalue weighted by Gasteiger charge is 2.09. The van der Waals surface area contributed by atoms with Crippen LogP contribution in [0.2, 0.25) is 0 Å². The van der Waals surface area contributed by atoms with Crippen LogP contribution in [-0.2, 0) is 13.1 Å². The standard InChI is InChI=1S/C22H34N6O.HI/c1-6-16(2)26-21(29)20-10-7-9-19(14-20)15-25-22(23-5)24-11-8-12-28-18(4)13-17(3)27-28;/h7,9-10,13-14,16H,6,8,11-12,15H2,1-5H3,(H,26,29)(H2,23,24,25);1H. The van der Waals surface area contributed by atoms with Gasteiger partial charge in [0.05, 0.1) is 5.69 Å². The molecule has 1 unspecified atom stereocenters.